The fourth-order valence-corrected chi connectivity index (χ4v) is 8.22. The minimum absolute atomic E-state index is 0.116. The first-order chi connectivity index (χ1) is 16.8. The highest BCUT2D eigenvalue weighted by Gasteiger charge is 2.60. The molecule has 4 aliphatic rings. The molecule has 1 aromatic rings. The summed E-state index contributed by atoms with van der Waals surface area (Å²) in [4.78, 5) is 23.0. The summed E-state index contributed by atoms with van der Waals surface area (Å²) >= 11 is 0. The zero-order valence-electron chi connectivity index (χ0n) is 23.5. The van der Waals surface area contributed by atoms with Crippen molar-refractivity contribution in [3.63, 3.8) is 0 Å². The Balaban J connectivity index is 0.000000815. The standard InChI is InChI=1S/C27H37N3O.2C2H6/c1-6-8-22-21(7-2)28-25(29-22)20-11-10-18-17-9-12-23-27(4,16-14-24(31)30(23)5)19(17)13-15-26(18,20)3;2*1-2/h6-8,14,16-20,23H,2,9-13,15H2,1,3-5H3,(H,28,29);2*1-2H3/b8-6-;;/t17?,18?,19?,20-,23?,26+,27?;;/m1../s1. The van der Waals surface area contributed by atoms with Gasteiger partial charge in [0, 0.05) is 24.4 Å². The Hall–Kier alpha value is -2.10. The summed E-state index contributed by atoms with van der Waals surface area (Å²) in [7, 11) is 2.00. The number of hydrogen-bond acceptors (Lipinski definition) is 2. The molecule has 4 nitrogen and oxygen atoms in total. The van der Waals surface area contributed by atoms with E-state index in [1.165, 1.54) is 32.1 Å². The second-order valence-electron chi connectivity index (χ2n) is 10.9. The zero-order chi connectivity index (χ0) is 26.0. The van der Waals surface area contributed by atoms with E-state index in [2.05, 4.69) is 43.6 Å². The quantitative estimate of drug-likeness (QED) is 0.479. The van der Waals surface area contributed by atoms with Gasteiger partial charge in [-0.25, -0.2) is 4.98 Å². The Morgan fingerprint density at radius 2 is 1.80 bits per heavy atom. The van der Waals surface area contributed by atoms with Crippen LogP contribution >= 0.6 is 0 Å². The summed E-state index contributed by atoms with van der Waals surface area (Å²) in [6.45, 7) is 19.0. The SMILES string of the molecule is C=Cc1nc([C@H]2CCC3C4CCC5N(C)C(=O)C=CC5(C)C4CC[C@@]32C)[nH]c1/C=C\C.CC.CC. The average molecular weight is 480 g/mol. The van der Waals surface area contributed by atoms with Crippen molar-refractivity contribution in [3.05, 3.63) is 42.0 Å². The molecule has 0 radical (unpaired) electrons. The van der Waals surface area contributed by atoms with Crippen LogP contribution in [-0.2, 0) is 4.79 Å². The summed E-state index contributed by atoms with van der Waals surface area (Å²) in [6.07, 6.45) is 17.6. The van der Waals surface area contributed by atoms with Gasteiger partial charge in [-0.05, 0) is 86.8 Å². The van der Waals surface area contributed by atoms with Crippen LogP contribution in [0.25, 0.3) is 12.2 Å². The van der Waals surface area contributed by atoms with Gasteiger partial charge in [0.2, 0.25) is 5.91 Å². The van der Waals surface area contributed by atoms with Crippen LogP contribution in [0.2, 0.25) is 0 Å². The number of imidazole rings is 1. The summed E-state index contributed by atoms with van der Waals surface area (Å²) in [5.41, 5.74) is 2.47. The van der Waals surface area contributed by atoms with E-state index in [0.29, 0.717) is 23.3 Å². The van der Waals surface area contributed by atoms with Crippen molar-refractivity contribution in [2.75, 3.05) is 7.05 Å². The van der Waals surface area contributed by atoms with Gasteiger partial charge in [0.15, 0.2) is 0 Å². The first-order valence-electron chi connectivity index (χ1n) is 14.1. The van der Waals surface area contributed by atoms with Crippen LogP contribution in [0, 0.1) is 28.6 Å². The second kappa shape index (κ2) is 10.9. The highest BCUT2D eigenvalue weighted by molar-refractivity contribution is 5.89. The number of fused-ring (bicyclic) bond motifs is 5. The van der Waals surface area contributed by atoms with Crippen molar-refractivity contribution >= 4 is 18.1 Å². The van der Waals surface area contributed by atoms with Gasteiger partial charge in [0.05, 0.1) is 11.4 Å². The van der Waals surface area contributed by atoms with Gasteiger partial charge in [-0.3, -0.25) is 4.79 Å². The van der Waals surface area contributed by atoms with Gasteiger partial charge < -0.3 is 9.88 Å². The number of carbonyl (C=O) groups is 1. The monoisotopic (exact) mass is 479 g/mol. The first-order valence-corrected chi connectivity index (χ1v) is 14.1. The zero-order valence-corrected chi connectivity index (χ0v) is 23.5. The Morgan fingerprint density at radius 1 is 1.09 bits per heavy atom. The number of nitrogens with zero attached hydrogens (tertiary/aromatic N) is 2. The highest BCUT2D eigenvalue weighted by atomic mass is 16.2. The van der Waals surface area contributed by atoms with Crippen LogP contribution in [0.3, 0.4) is 0 Å². The van der Waals surface area contributed by atoms with Gasteiger partial charge in [-0.1, -0.05) is 60.3 Å². The van der Waals surface area contributed by atoms with Gasteiger partial charge in [-0.2, -0.15) is 0 Å². The third-order valence-electron chi connectivity index (χ3n) is 9.76. The van der Waals surface area contributed by atoms with E-state index < -0.39 is 0 Å². The van der Waals surface area contributed by atoms with Crippen molar-refractivity contribution in [2.24, 2.45) is 28.6 Å². The molecule has 3 aliphatic carbocycles. The molecular weight excluding hydrogens is 430 g/mol. The number of carbonyl (C=O) groups excluding carboxylic acids is 1. The van der Waals surface area contributed by atoms with Crippen molar-refractivity contribution in [3.8, 4) is 0 Å². The molecule has 2 heterocycles. The molecule has 194 valence electrons. The predicted molar refractivity (Wildman–Crippen MR) is 149 cm³/mol. The molecule has 5 rings (SSSR count). The molecule has 1 aliphatic heterocycles. The first kappa shape index (κ1) is 27.5. The van der Waals surface area contributed by atoms with E-state index in [0.717, 1.165) is 35.5 Å². The second-order valence-corrected chi connectivity index (χ2v) is 10.9. The third kappa shape index (κ3) is 4.36. The van der Waals surface area contributed by atoms with Crippen LogP contribution in [0.5, 0.6) is 0 Å². The maximum absolute atomic E-state index is 12.3. The molecule has 0 spiro atoms. The smallest absolute Gasteiger partial charge is 0.246 e. The van der Waals surface area contributed by atoms with Crippen LogP contribution in [-0.4, -0.2) is 33.9 Å². The van der Waals surface area contributed by atoms with Gasteiger partial charge >= 0.3 is 0 Å². The Kier molecular flexibility index (Phi) is 8.55. The van der Waals surface area contributed by atoms with Crippen LogP contribution in [0.1, 0.15) is 110 Å². The molecular formula is C31H49N3O. The minimum atomic E-state index is 0.116. The molecule has 0 bridgehead atoms. The maximum Gasteiger partial charge on any atom is 0.246 e. The fourth-order valence-electron chi connectivity index (χ4n) is 8.22. The molecule has 0 aromatic carbocycles. The third-order valence-corrected chi connectivity index (χ3v) is 9.76. The van der Waals surface area contributed by atoms with Gasteiger partial charge in [-0.15, -0.1) is 0 Å². The molecule has 1 amide bonds. The molecule has 3 saturated carbocycles. The number of aromatic amines is 1. The largest absolute Gasteiger partial charge is 0.342 e. The maximum atomic E-state index is 12.3. The number of amides is 1. The van der Waals surface area contributed by atoms with Crippen molar-refractivity contribution < 1.29 is 4.79 Å². The normalized spacial score (nSPS) is 37.4. The lowest BCUT2D eigenvalue weighted by Crippen LogP contribution is -2.59. The lowest BCUT2D eigenvalue weighted by atomic mass is 9.47. The molecule has 3 fully saturated rings. The van der Waals surface area contributed by atoms with E-state index >= 15 is 0 Å². The summed E-state index contributed by atoms with van der Waals surface area (Å²) in [5, 5.41) is 0. The van der Waals surface area contributed by atoms with Crippen molar-refractivity contribution in [1.29, 1.82) is 0 Å². The molecule has 0 saturated heterocycles. The average Bonchev–Trinajstić information content (AvgIpc) is 3.44. The summed E-state index contributed by atoms with van der Waals surface area (Å²) in [5.74, 6) is 4.00. The Bertz CT molecular complexity index is 958. The number of nitrogens with one attached hydrogen (secondary N) is 1. The molecule has 35 heavy (non-hydrogen) atoms. The van der Waals surface area contributed by atoms with Crippen molar-refractivity contribution in [2.45, 2.75) is 99.0 Å². The van der Waals surface area contributed by atoms with Gasteiger partial charge in [0.25, 0.3) is 0 Å². The highest BCUT2D eigenvalue weighted by Crippen LogP contribution is 2.67. The van der Waals surface area contributed by atoms with Gasteiger partial charge in [0.1, 0.15) is 5.82 Å². The number of H-pyrrole nitrogens is 1. The van der Waals surface area contributed by atoms with Crippen molar-refractivity contribution in [1.82, 2.24) is 14.9 Å². The van der Waals surface area contributed by atoms with E-state index in [9.17, 15) is 4.79 Å². The number of allylic oxidation sites excluding steroid dienone is 1. The van der Waals surface area contributed by atoms with Crippen LogP contribution < -0.4 is 0 Å². The Labute approximate surface area is 214 Å². The number of likely N-dealkylation sites (N-methyl/N-ethyl adjacent to an activating group) is 1. The molecule has 1 N–H and O–H groups in total. The number of rotatable bonds is 3. The van der Waals surface area contributed by atoms with Crippen LogP contribution in [0.15, 0.2) is 24.8 Å². The van der Waals surface area contributed by atoms with Crippen LogP contribution in [0.4, 0.5) is 0 Å². The van der Waals surface area contributed by atoms with E-state index in [1.54, 1.807) is 0 Å². The molecule has 4 heteroatoms. The Morgan fingerprint density at radius 3 is 2.46 bits per heavy atom. The molecule has 5 unspecified atom stereocenters. The topological polar surface area (TPSA) is 49.0 Å². The minimum Gasteiger partial charge on any atom is -0.342 e. The molecule has 7 atom stereocenters. The van der Waals surface area contributed by atoms with E-state index in [1.807, 2.05) is 58.7 Å². The molecule has 1 aromatic heterocycles. The lowest BCUT2D eigenvalue weighted by molar-refractivity contribution is -0.138. The predicted octanol–water partition coefficient (Wildman–Crippen LogP) is 7.86. The fraction of sp³-hybridized carbons (Fsp3) is 0.677. The lowest BCUT2D eigenvalue weighted by Gasteiger charge is -2.60. The van der Waals surface area contributed by atoms with E-state index in [4.69, 9.17) is 4.98 Å². The van der Waals surface area contributed by atoms with E-state index in [-0.39, 0.29) is 11.3 Å². The number of hydrogen-bond donors (Lipinski definition) is 1. The summed E-state index contributed by atoms with van der Waals surface area (Å²) in [6, 6.07) is 0.358. The number of aromatic nitrogens is 2. The summed E-state index contributed by atoms with van der Waals surface area (Å²) < 4.78 is 0.